The van der Waals surface area contributed by atoms with Crippen LogP contribution in [0.15, 0.2) is 72.4 Å². The van der Waals surface area contributed by atoms with Gasteiger partial charge in [0.1, 0.15) is 17.2 Å². The van der Waals surface area contributed by atoms with E-state index in [2.05, 4.69) is 5.32 Å². The van der Waals surface area contributed by atoms with Gasteiger partial charge in [-0.1, -0.05) is 12.1 Å². The number of hydrogen-bond acceptors (Lipinski definition) is 5. The Morgan fingerprint density at radius 2 is 1.52 bits per heavy atom. The molecule has 1 aliphatic rings. The number of carbonyl (C=O) groups excluding carboxylic acids is 2. The van der Waals surface area contributed by atoms with Crippen LogP contribution in [-0.2, 0) is 9.59 Å². The first-order chi connectivity index (χ1) is 15.9. The van der Waals surface area contributed by atoms with Crippen LogP contribution in [0.3, 0.4) is 0 Å². The second-order valence-electron chi connectivity index (χ2n) is 7.11. The summed E-state index contributed by atoms with van der Waals surface area (Å²) in [6.07, 6.45) is 0. The second kappa shape index (κ2) is 9.12. The zero-order chi connectivity index (χ0) is 23.5. The highest BCUT2D eigenvalue weighted by Gasteiger charge is 2.40. The van der Waals surface area contributed by atoms with Crippen LogP contribution in [0.25, 0.3) is 5.57 Å². The van der Waals surface area contributed by atoms with E-state index in [0.29, 0.717) is 29.4 Å². The molecule has 33 heavy (non-hydrogen) atoms. The van der Waals surface area contributed by atoms with E-state index >= 15 is 0 Å². The van der Waals surface area contributed by atoms with Crippen molar-refractivity contribution < 1.29 is 27.8 Å². The normalized spacial score (nSPS) is 13.5. The molecule has 3 aromatic carbocycles. The Kier molecular flexibility index (Phi) is 6.08. The highest BCUT2D eigenvalue weighted by atomic mass is 19.2. The highest BCUT2D eigenvalue weighted by Crippen LogP contribution is 2.35. The second-order valence-corrected chi connectivity index (χ2v) is 7.11. The molecule has 2 amide bonds. The van der Waals surface area contributed by atoms with Crippen LogP contribution in [0.4, 0.5) is 20.2 Å². The van der Waals surface area contributed by atoms with Crippen LogP contribution in [0.2, 0.25) is 0 Å². The Bertz CT molecular complexity index is 1240. The Balaban J connectivity index is 1.77. The molecule has 6 nitrogen and oxygen atoms in total. The van der Waals surface area contributed by atoms with Gasteiger partial charge >= 0.3 is 0 Å². The van der Waals surface area contributed by atoms with E-state index in [4.69, 9.17) is 9.47 Å². The largest absolute Gasteiger partial charge is 0.497 e. The molecule has 0 radical (unpaired) electrons. The van der Waals surface area contributed by atoms with Crippen molar-refractivity contribution in [1.29, 1.82) is 0 Å². The van der Waals surface area contributed by atoms with Crippen molar-refractivity contribution in [3.63, 3.8) is 0 Å². The maximum atomic E-state index is 13.8. The monoisotopic (exact) mass is 450 g/mol. The SMILES string of the molecule is CCOc1ccc(N2C(=O)C(Nc3ccc(F)c(F)c3)=C(c3ccc(OC)cc3)C2=O)cc1. The minimum absolute atomic E-state index is 0.0509. The molecule has 0 saturated carbocycles. The van der Waals surface area contributed by atoms with E-state index in [-0.39, 0.29) is 17.0 Å². The zero-order valence-corrected chi connectivity index (χ0v) is 17.9. The van der Waals surface area contributed by atoms with Crippen molar-refractivity contribution >= 4 is 28.8 Å². The third kappa shape index (κ3) is 4.27. The van der Waals surface area contributed by atoms with Gasteiger partial charge < -0.3 is 14.8 Å². The van der Waals surface area contributed by atoms with Crippen LogP contribution < -0.4 is 19.7 Å². The number of hydrogen-bond donors (Lipinski definition) is 1. The molecule has 3 aromatic rings. The van der Waals surface area contributed by atoms with Gasteiger partial charge in [-0.3, -0.25) is 9.59 Å². The molecule has 168 valence electrons. The smallest absolute Gasteiger partial charge is 0.282 e. The summed E-state index contributed by atoms with van der Waals surface area (Å²) in [7, 11) is 1.52. The van der Waals surface area contributed by atoms with Gasteiger partial charge in [-0.25, -0.2) is 13.7 Å². The Labute approximate surface area is 189 Å². The quantitative estimate of drug-likeness (QED) is 0.526. The van der Waals surface area contributed by atoms with Crippen LogP contribution in [-0.4, -0.2) is 25.5 Å². The number of nitrogens with zero attached hydrogens (tertiary/aromatic N) is 1. The fraction of sp³-hybridized carbons (Fsp3) is 0.120. The predicted octanol–water partition coefficient (Wildman–Crippen LogP) is 4.77. The van der Waals surface area contributed by atoms with Crippen molar-refractivity contribution in [2.45, 2.75) is 6.92 Å². The van der Waals surface area contributed by atoms with E-state index in [1.165, 1.54) is 13.2 Å². The van der Waals surface area contributed by atoms with E-state index in [1.807, 2.05) is 6.92 Å². The number of rotatable bonds is 7. The van der Waals surface area contributed by atoms with E-state index in [0.717, 1.165) is 17.0 Å². The number of methoxy groups -OCH3 is 1. The van der Waals surface area contributed by atoms with Gasteiger partial charge in [0.2, 0.25) is 0 Å². The van der Waals surface area contributed by atoms with Crippen molar-refractivity contribution in [3.05, 3.63) is 89.6 Å². The number of nitrogens with one attached hydrogen (secondary N) is 1. The third-order valence-electron chi connectivity index (χ3n) is 5.06. The molecule has 0 spiro atoms. The van der Waals surface area contributed by atoms with Crippen LogP contribution >= 0.6 is 0 Å². The molecule has 0 fully saturated rings. The molecular weight excluding hydrogens is 430 g/mol. The molecule has 0 aliphatic carbocycles. The van der Waals surface area contributed by atoms with E-state index in [1.54, 1.807) is 48.5 Å². The molecule has 8 heteroatoms. The highest BCUT2D eigenvalue weighted by molar-refractivity contribution is 6.46. The van der Waals surface area contributed by atoms with Crippen molar-refractivity contribution in [2.24, 2.45) is 0 Å². The Morgan fingerprint density at radius 3 is 2.12 bits per heavy atom. The molecule has 1 heterocycles. The number of amides is 2. The number of ether oxygens (including phenoxy) is 2. The summed E-state index contributed by atoms with van der Waals surface area (Å²) >= 11 is 0. The number of halogens is 2. The molecule has 4 rings (SSSR count). The first kappa shape index (κ1) is 22.0. The van der Waals surface area contributed by atoms with Gasteiger partial charge in [-0.05, 0) is 61.0 Å². The lowest BCUT2D eigenvalue weighted by atomic mass is 10.0. The fourth-order valence-corrected chi connectivity index (χ4v) is 3.48. The van der Waals surface area contributed by atoms with Crippen LogP contribution in [0, 0.1) is 11.6 Å². The van der Waals surface area contributed by atoms with E-state index in [9.17, 15) is 18.4 Å². The van der Waals surface area contributed by atoms with Gasteiger partial charge in [-0.15, -0.1) is 0 Å². The van der Waals surface area contributed by atoms with Crippen molar-refractivity contribution in [2.75, 3.05) is 23.9 Å². The van der Waals surface area contributed by atoms with Crippen molar-refractivity contribution in [1.82, 2.24) is 0 Å². The summed E-state index contributed by atoms with van der Waals surface area (Å²) in [4.78, 5) is 27.8. The molecule has 0 aromatic heterocycles. The number of carbonyl (C=O) groups is 2. The third-order valence-corrected chi connectivity index (χ3v) is 5.06. The minimum Gasteiger partial charge on any atom is -0.497 e. The summed E-state index contributed by atoms with van der Waals surface area (Å²) in [5.41, 5.74) is 0.991. The molecule has 1 aliphatic heterocycles. The maximum absolute atomic E-state index is 13.8. The number of imide groups is 1. The lowest BCUT2D eigenvalue weighted by Gasteiger charge is -2.16. The van der Waals surface area contributed by atoms with Gasteiger partial charge in [-0.2, -0.15) is 0 Å². The van der Waals surface area contributed by atoms with Crippen molar-refractivity contribution in [3.8, 4) is 11.5 Å². The lowest BCUT2D eigenvalue weighted by molar-refractivity contribution is -0.120. The fourth-order valence-electron chi connectivity index (χ4n) is 3.48. The first-order valence-corrected chi connectivity index (χ1v) is 10.2. The minimum atomic E-state index is -1.08. The average molecular weight is 450 g/mol. The Morgan fingerprint density at radius 1 is 0.848 bits per heavy atom. The van der Waals surface area contributed by atoms with Gasteiger partial charge in [0.25, 0.3) is 11.8 Å². The summed E-state index contributed by atoms with van der Waals surface area (Å²) < 4.78 is 37.7. The molecular formula is C25H20F2N2O4. The first-order valence-electron chi connectivity index (χ1n) is 10.2. The summed E-state index contributed by atoms with van der Waals surface area (Å²) in [5, 5.41) is 2.80. The summed E-state index contributed by atoms with van der Waals surface area (Å²) in [5.74, 6) is -2.10. The van der Waals surface area contributed by atoms with E-state index < -0.39 is 23.4 Å². The van der Waals surface area contributed by atoms with Crippen LogP contribution in [0.1, 0.15) is 12.5 Å². The van der Waals surface area contributed by atoms with Gasteiger partial charge in [0.05, 0.1) is 25.0 Å². The Hall–Kier alpha value is -4.20. The van der Waals surface area contributed by atoms with Gasteiger partial charge in [0, 0.05) is 11.8 Å². The molecule has 0 saturated heterocycles. The molecule has 0 bridgehead atoms. The predicted molar refractivity (Wildman–Crippen MR) is 120 cm³/mol. The van der Waals surface area contributed by atoms with Gasteiger partial charge in [0.15, 0.2) is 11.6 Å². The molecule has 0 atom stereocenters. The molecule has 0 unspecified atom stereocenters. The molecule has 1 N–H and O–H groups in total. The number of anilines is 2. The topological polar surface area (TPSA) is 67.9 Å². The van der Waals surface area contributed by atoms with Crippen LogP contribution in [0.5, 0.6) is 11.5 Å². The average Bonchev–Trinajstić information content (AvgIpc) is 3.06. The lowest BCUT2D eigenvalue weighted by Crippen LogP contribution is -2.32. The maximum Gasteiger partial charge on any atom is 0.282 e. The number of benzene rings is 3. The summed E-state index contributed by atoms with van der Waals surface area (Å²) in [6.45, 7) is 2.33. The zero-order valence-electron chi connectivity index (χ0n) is 17.9. The standard InChI is InChI=1S/C25H20F2N2O4/c1-3-33-19-11-7-17(8-12-19)29-24(30)22(15-4-9-18(32-2)10-5-15)23(25(29)31)28-16-6-13-20(26)21(27)14-16/h4-14,28H,3H2,1-2H3. The summed E-state index contributed by atoms with van der Waals surface area (Å²) in [6, 6.07) is 16.3.